The number of carbonyl (C=O) groups is 5. The third kappa shape index (κ3) is 20.2. The quantitative estimate of drug-likeness (QED) is 0.148. The highest BCUT2D eigenvalue weighted by Crippen LogP contribution is 2.47. The predicted octanol–water partition coefficient (Wildman–Crippen LogP) is 14.6. The molecule has 0 bridgehead atoms. The van der Waals surface area contributed by atoms with Gasteiger partial charge in [-0.25, -0.2) is 19.2 Å². The van der Waals surface area contributed by atoms with Gasteiger partial charge < -0.3 is 48.3 Å². The molecule has 5 saturated heterocycles. The number of carbonyl (C=O) groups excluding carboxylic acids is 5. The Morgan fingerprint density at radius 1 is 0.489 bits per heavy atom. The molecule has 8 rings (SSSR count). The van der Waals surface area contributed by atoms with Crippen LogP contribution in [0.25, 0.3) is 0 Å². The first-order chi connectivity index (χ1) is 40.2. The number of rotatable bonds is 7. The number of aldehydes is 1. The SMILES string of the molecule is C.CC(C)(C)OC(=O)N1CCN(c2cc(Cl)ccc2C=O)CC1.CC(C)(C)OC(=O)N1CCN(c2cc(Cl)ccc2CN2CCCC23CCN(C(=O)OC(C(F)(F)F)C(F)(F)F)CC3)CC1.O=C(OC(C(F)(F)F)C(F)(F)F)N1CCC2(CCCC2)CC1. The summed E-state index contributed by atoms with van der Waals surface area (Å²) >= 11 is 12.4. The molecule has 6 aliphatic rings. The van der Waals surface area contributed by atoms with Crippen LogP contribution in [0.5, 0.6) is 0 Å². The highest BCUT2D eigenvalue weighted by atomic mass is 35.5. The minimum atomic E-state index is -5.76. The molecule has 6 fully saturated rings. The molecule has 2 aromatic rings. The second-order valence-corrected chi connectivity index (χ2v) is 25.5. The third-order valence-electron chi connectivity index (χ3n) is 16.1. The minimum absolute atomic E-state index is 0. The summed E-state index contributed by atoms with van der Waals surface area (Å²) < 4.78 is 170. The summed E-state index contributed by atoms with van der Waals surface area (Å²) in [5.74, 6) is 0. The highest BCUT2D eigenvalue weighted by molar-refractivity contribution is 6.31. The number of hydrogen-bond donors (Lipinski definition) is 0. The van der Waals surface area contributed by atoms with E-state index in [1.165, 1.54) is 0 Å². The summed E-state index contributed by atoms with van der Waals surface area (Å²) in [6.45, 7) is 17.0. The molecule has 1 aliphatic carbocycles. The summed E-state index contributed by atoms with van der Waals surface area (Å²) in [5, 5.41) is 1.16. The molecule has 498 valence electrons. The van der Waals surface area contributed by atoms with Gasteiger partial charge in [0.05, 0.1) is 0 Å². The van der Waals surface area contributed by atoms with Gasteiger partial charge in [-0.3, -0.25) is 9.69 Å². The van der Waals surface area contributed by atoms with Gasteiger partial charge >= 0.3 is 49.1 Å². The zero-order valence-electron chi connectivity index (χ0n) is 49.3. The van der Waals surface area contributed by atoms with Gasteiger partial charge in [-0.2, -0.15) is 52.7 Å². The van der Waals surface area contributed by atoms with E-state index in [4.69, 9.17) is 32.7 Å². The summed E-state index contributed by atoms with van der Waals surface area (Å²) in [6.07, 6.45) is -26.3. The number of halogens is 14. The van der Waals surface area contributed by atoms with Crippen molar-refractivity contribution in [1.82, 2.24) is 24.5 Å². The van der Waals surface area contributed by atoms with Crippen LogP contribution in [0.15, 0.2) is 36.4 Å². The second kappa shape index (κ2) is 29.2. The van der Waals surface area contributed by atoms with E-state index in [2.05, 4.69) is 24.2 Å². The van der Waals surface area contributed by atoms with Crippen molar-refractivity contribution in [3.8, 4) is 0 Å². The Balaban J connectivity index is 0.000000264. The van der Waals surface area contributed by atoms with Crippen LogP contribution in [-0.4, -0.2) is 194 Å². The van der Waals surface area contributed by atoms with Crippen LogP contribution >= 0.6 is 23.2 Å². The van der Waals surface area contributed by atoms with Gasteiger partial charge in [0.25, 0.3) is 12.2 Å². The van der Waals surface area contributed by atoms with Crippen molar-refractivity contribution >= 4 is 65.2 Å². The molecular weight excluding hydrogens is 1240 g/mol. The molecule has 4 amide bonds. The Kier molecular flexibility index (Phi) is 24.3. The molecule has 30 heteroatoms. The average Bonchev–Trinajstić information content (AvgIpc) is 1.83. The number of hydrogen-bond acceptors (Lipinski definition) is 12. The largest absolute Gasteiger partial charge is 0.444 e. The third-order valence-corrected chi connectivity index (χ3v) is 16.6. The van der Waals surface area contributed by atoms with Crippen molar-refractivity contribution < 1.29 is 95.6 Å². The van der Waals surface area contributed by atoms with E-state index in [-0.39, 0.29) is 56.7 Å². The number of benzene rings is 2. The van der Waals surface area contributed by atoms with Gasteiger partial charge in [-0.15, -0.1) is 0 Å². The normalized spacial score (nSPS) is 19.4. The first kappa shape index (κ1) is 73.2. The molecule has 1 saturated carbocycles. The Labute approximate surface area is 514 Å². The summed E-state index contributed by atoms with van der Waals surface area (Å²) in [5.41, 5.74) is 2.03. The van der Waals surface area contributed by atoms with E-state index in [0.29, 0.717) is 100 Å². The maximum Gasteiger partial charge on any atom is 0.434 e. The smallest absolute Gasteiger partial charge is 0.434 e. The van der Waals surface area contributed by atoms with Gasteiger partial charge in [0.1, 0.15) is 11.2 Å². The number of piperazine rings is 2. The number of likely N-dealkylation sites (tertiary alicyclic amines) is 3. The second-order valence-electron chi connectivity index (χ2n) is 24.6. The number of piperidine rings is 2. The van der Waals surface area contributed by atoms with E-state index in [0.717, 1.165) is 78.1 Å². The average molecular weight is 1320 g/mol. The van der Waals surface area contributed by atoms with Crippen LogP contribution in [0.2, 0.25) is 10.0 Å². The van der Waals surface area contributed by atoms with Crippen LogP contribution in [0.4, 0.5) is 83.2 Å². The topological polar surface area (TPSA) is 145 Å². The fourth-order valence-electron chi connectivity index (χ4n) is 11.7. The van der Waals surface area contributed by atoms with Gasteiger partial charge in [0.15, 0.2) is 6.29 Å². The van der Waals surface area contributed by atoms with Crippen molar-refractivity contribution in [2.75, 3.05) is 94.9 Å². The number of alkyl halides is 12. The first-order valence-electron chi connectivity index (χ1n) is 28.6. The lowest BCUT2D eigenvalue weighted by Crippen LogP contribution is -2.55. The van der Waals surface area contributed by atoms with Gasteiger partial charge in [-0.1, -0.05) is 49.5 Å². The van der Waals surface area contributed by atoms with Crippen LogP contribution in [-0.2, 0) is 25.5 Å². The van der Waals surface area contributed by atoms with Crippen LogP contribution in [0.3, 0.4) is 0 Å². The zero-order valence-corrected chi connectivity index (χ0v) is 50.8. The lowest BCUT2D eigenvalue weighted by Gasteiger charge is -2.45. The molecule has 0 unspecified atom stereocenters. The summed E-state index contributed by atoms with van der Waals surface area (Å²) in [4.78, 5) is 71.4. The lowest BCUT2D eigenvalue weighted by atomic mass is 9.77. The van der Waals surface area contributed by atoms with Crippen molar-refractivity contribution in [1.29, 1.82) is 0 Å². The standard InChI is InChI=1S/C28H37ClF6N4O4.C16H21ClN2O3.C13H17F6NO2.CH4/c1-25(2,3)43-24(41)38-15-13-36(14-16-38)21-17-20(29)6-5-19(21)18-39-10-4-7-26(39)8-11-37(12-9-26)23(40)42-22(27(30,31)32)28(33,34)35;1-16(2,3)22-15(21)19-8-6-18(7-9-19)14-10-13(17)5-4-12(14)11-20;14-12(15,16)9(13(17,18)19)22-10(21)20-7-5-11(6-8-20)3-1-2-4-11;/h5-6,17,22H,4,7-16,18H2,1-3H3;4-5,10-11H,6-9H2,1-3H3;9H,1-8H2;1H4. The molecule has 0 atom stereocenters. The zero-order chi connectivity index (χ0) is 64.7. The summed E-state index contributed by atoms with van der Waals surface area (Å²) in [6, 6.07) is 10.8. The van der Waals surface area contributed by atoms with E-state index in [1.807, 2.05) is 53.7 Å². The molecule has 2 spiro atoms. The Bertz CT molecular complexity index is 2640. The first-order valence-corrected chi connectivity index (χ1v) is 29.4. The Hall–Kier alpha value is -5.51. The minimum Gasteiger partial charge on any atom is -0.444 e. The maximum atomic E-state index is 12.9. The molecule has 88 heavy (non-hydrogen) atoms. The van der Waals surface area contributed by atoms with Gasteiger partial charge in [0.2, 0.25) is 0 Å². The Morgan fingerprint density at radius 3 is 1.26 bits per heavy atom. The molecule has 0 aromatic heterocycles. The van der Waals surface area contributed by atoms with Gasteiger partial charge in [0, 0.05) is 118 Å². The van der Waals surface area contributed by atoms with E-state index < -0.39 is 60.3 Å². The van der Waals surface area contributed by atoms with Crippen LogP contribution in [0, 0.1) is 5.41 Å². The van der Waals surface area contributed by atoms with E-state index in [1.54, 1.807) is 34.1 Å². The fourth-order valence-corrected chi connectivity index (χ4v) is 12.0. The molecule has 16 nitrogen and oxygen atoms in total. The van der Waals surface area contributed by atoms with Gasteiger partial charge in [-0.05, 0) is 141 Å². The molecule has 0 N–H and O–H groups in total. The van der Waals surface area contributed by atoms with Crippen molar-refractivity contribution in [3.63, 3.8) is 0 Å². The molecule has 5 aliphatic heterocycles. The van der Waals surface area contributed by atoms with Crippen LogP contribution in [0.1, 0.15) is 129 Å². The fraction of sp³-hybridized carbons (Fsp3) is 0.707. The Morgan fingerprint density at radius 2 is 0.864 bits per heavy atom. The molecular formula is C58H79Cl2F12N7O9. The van der Waals surface area contributed by atoms with Crippen molar-refractivity contribution in [3.05, 3.63) is 57.6 Å². The number of anilines is 2. The number of amides is 4. The number of ether oxygens (including phenoxy) is 4. The molecule has 2 aromatic carbocycles. The van der Waals surface area contributed by atoms with E-state index >= 15 is 0 Å². The predicted molar refractivity (Wildman–Crippen MR) is 305 cm³/mol. The molecule has 5 heterocycles. The monoisotopic (exact) mass is 1320 g/mol. The maximum absolute atomic E-state index is 12.9. The highest BCUT2D eigenvalue weighted by Gasteiger charge is 2.62. The summed E-state index contributed by atoms with van der Waals surface area (Å²) in [7, 11) is 0. The van der Waals surface area contributed by atoms with Crippen molar-refractivity contribution in [2.45, 2.75) is 173 Å². The van der Waals surface area contributed by atoms with E-state index in [9.17, 15) is 76.7 Å². The van der Waals surface area contributed by atoms with Crippen LogP contribution < -0.4 is 9.80 Å². The van der Waals surface area contributed by atoms with Crippen molar-refractivity contribution in [2.24, 2.45) is 5.41 Å². The lowest BCUT2D eigenvalue weighted by molar-refractivity contribution is -0.309. The number of nitrogens with zero attached hydrogens (tertiary/aromatic N) is 7. The molecule has 0 radical (unpaired) electrons.